The van der Waals surface area contributed by atoms with Gasteiger partial charge in [0.1, 0.15) is 18.4 Å². The Labute approximate surface area is 243 Å². The lowest BCUT2D eigenvalue weighted by Gasteiger charge is -2.33. The fraction of sp³-hybridized carbons (Fsp3) is 0.310. The second-order valence-electron chi connectivity index (χ2n) is 9.74. The molecule has 3 aromatic rings. The van der Waals surface area contributed by atoms with Crippen LogP contribution in [0.4, 0.5) is 10.1 Å². The van der Waals surface area contributed by atoms with Crippen LogP contribution in [-0.2, 0) is 32.6 Å². The Morgan fingerprint density at radius 3 is 2.10 bits per heavy atom. The molecule has 1 atom stereocenters. The van der Waals surface area contributed by atoms with Crippen molar-refractivity contribution in [1.82, 2.24) is 10.2 Å². The van der Waals surface area contributed by atoms with E-state index >= 15 is 0 Å². The Hall–Kier alpha value is -2.99. The van der Waals surface area contributed by atoms with Gasteiger partial charge in [-0.15, -0.1) is 0 Å². The molecular weight excluding hydrogens is 632 g/mol. The quantitative estimate of drug-likeness (QED) is 0.287. The van der Waals surface area contributed by atoms with Gasteiger partial charge in [-0.3, -0.25) is 13.9 Å². The lowest BCUT2D eigenvalue weighted by molar-refractivity contribution is -0.140. The number of sulfonamides is 1. The second kappa shape index (κ2) is 13.9. The van der Waals surface area contributed by atoms with E-state index in [-0.39, 0.29) is 24.8 Å². The first-order valence-electron chi connectivity index (χ1n) is 12.5. The summed E-state index contributed by atoms with van der Waals surface area (Å²) in [5, 5.41) is 2.93. The van der Waals surface area contributed by atoms with E-state index in [1.807, 2.05) is 44.2 Å². The molecule has 0 aliphatic rings. The molecule has 7 nitrogen and oxygen atoms in total. The normalized spacial score (nSPS) is 12.2. The smallest absolute Gasteiger partial charge is 0.244 e. The summed E-state index contributed by atoms with van der Waals surface area (Å²) in [7, 11) is -3.83. The number of carbonyl (C=O) groups excluding carboxylic acids is 2. The number of carbonyl (C=O) groups is 2. The van der Waals surface area contributed by atoms with Gasteiger partial charge in [-0.25, -0.2) is 12.8 Å². The molecule has 0 spiro atoms. The van der Waals surface area contributed by atoms with Gasteiger partial charge in [0.15, 0.2) is 0 Å². The van der Waals surface area contributed by atoms with Crippen molar-refractivity contribution in [1.29, 1.82) is 0 Å². The monoisotopic (exact) mass is 665 g/mol. The second-order valence-corrected chi connectivity index (χ2v) is 12.9. The van der Waals surface area contributed by atoms with Gasteiger partial charge in [0.05, 0.1) is 11.9 Å². The van der Waals surface area contributed by atoms with Gasteiger partial charge in [-0.1, -0.05) is 56.3 Å². The van der Waals surface area contributed by atoms with Crippen molar-refractivity contribution < 1.29 is 22.4 Å². The average Bonchev–Trinajstić information content (AvgIpc) is 2.89. The van der Waals surface area contributed by atoms with Crippen LogP contribution in [0, 0.1) is 15.3 Å². The molecule has 10 heteroatoms. The average molecular weight is 666 g/mol. The van der Waals surface area contributed by atoms with Crippen molar-refractivity contribution >= 4 is 50.1 Å². The van der Waals surface area contributed by atoms with E-state index in [0.717, 1.165) is 19.7 Å². The highest BCUT2D eigenvalue weighted by atomic mass is 127. The van der Waals surface area contributed by atoms with Crippen molar-refractivity contribution in [3.63, 3.8) is 0 Å². The third-order valence-corrected chi connectivity index (χ3v) is 7.88. The number of nitrogens with zero attached hydrogens (tertiary/aromatic N) is 2. The third-order valence-electron chi connectivity index (χ3n) is 6.02. The maximum atomic E-state index is 14.0. The van der Waals surface area contributed by atoms with E-state index in [1.165, 1.54) is 17.0 Å². The molecule has 3 rings (SSSR count). The van der Waals surface area contributed by atoms with Crippen LogP contribution < -0.4 is 9.62 Å². The van der Waals surface area contributed by atoms with Crippen LogP contribution in [0.5, 0.6) is 0 Å². The topological polar surface area (TPSA) is 86.8 Å². The maximum Gasteiger partial charge on any atom is 0.244 e. The first-order valence-corrected chi connectivity index (χ1v) is 15.5. The molecule has 208 valence electrons. The number of nitrogens with one attached hydrogen (secondary N) is 1. The summed E-state index contributed by atoms with van der Waals surface area (Å²) in [4.78, 5) is 28.9. The Bertz CT molecular complexity index is 1350. The van der Waals surface area contributed by atoms with E-state index in [2.05, 4.69) is 27.9 Å². The summed E-state index contributed by atoms with van der Waals surface area (Å²) in [5.41, 5.74) is 1.80. The van der Waals surface area contributed by atoms with Gasteiger partial charge in [0, 0.05) is 23.1 Å². The van der Waals surface area contributed by atoms with Crippen LogP contribution in [0.3, 0.4) is 0 Å². The number of hydrogen-bond acceptors (Lipinski definition) is 4. The standard InChI is InChI=1S/C29H33FIN3O4S/c1-21(2)18-32-29(36)27(17-22-7-5-4-6-8-22)33(19-23-9-11-24(30)12-10-23)28(35)20-34(39(3,37)38)26-15-13-25(31)14-16-26/h4-16,21,27H,17-20H2,1-3H3,(H,32,36)/t27-/m1/s1. The molecule has 0 fully saturated rings. The SMILES string of the molecule is CC(C)CNC(=O)[C@@H](Cc1ccccc1)N(Cc1ccc(F)cc1)C(=O)CN(c1ccc(I)cc1)S(C)(=O)=O. The summed E-state index contributed by atoms with van der Waals surface area (Å²) in [5.74, 6) is -1.13. The zero-order chi connectivity index (χ0) is 28.6. The van der Waals surface area contributed by atoms with Gasteiger partial charge in [-0.2, -0.15) is 0 Å². The van der Waals surface area contributed by atoms with Crippen LogP contribution in [-0.4, -0.2) is 50.5 Å². The van der Waals surface area contributed by atoms with Gasteiger partial charge in [0.25, 0.3) is 0 Å². The van der Waals surface area contributed by atoms with Crippen LogP contribution >= 0.6 is 22.6 Å². The molecule has 0 aliphatic heterocycles. The van der Waals surface area contributed by atoms with Gasteiger partial charge in [0.2, 0.25) is 21.8 Å². The minimum absolute atomic E-state index is 0.00397. The highest BCUT2D eigenvalue weighted by Gasteiger charge is 2.33. The molecule has 0 aliphatic carbocycles. The predicted molar refractivity (Wildman–Crippen MR) is 160 cm³/mol. The number of hydrogen-bond donors (Lipinski definition) is 1. The Morgan fingerprint density at radius 2 is 1.54 bits per heavy atom. The highest BCUT2D eigenvalue weighted by Crippen LogP contribution is 2.21. The summed E-state index contributed by atoms with van der Waals surface area (Å²) in [6, 6.07) is 20.9. The fourth-order valence-corrected chi connectivity index (χ4v) is 5.19. The largest absolute Gasteiger partial charge is 0.354 e. The zero-order valence-corrected chi connectivity index (χ0v) is 25.2. The Morgan fingerprint density at radius 1 is 0.923 bits per heavy atom. The van der Waals surface area contributed by atoms with Crippen LogP contribution in [0.1, 0.15) is 25.0 Å². The Balaban J connectivity index is 2.03. The highest BCUT2D eigenvalue weighted by molar-refractivity contribution is 14.1. The number of amides is 2. The molecule has 2 amide bonds. The summed E-state index contributed by atoms with van der Waals surface area (Å²) >= 11 is 2.12. The van der Waals surface area contributed by atoms with E-state index in [4.69, 9.17) is 0 Å². The minimum Gasteiger partial charge on any atom is -0.354 e. The molecule has 0 saturated heterocycles. The van der Waals surface area contributed by atoms with E-state index < -0.39 is 34.3 Å². The maximum absolute atomic E-state index is 14.0. The summed E-state index contributed by atoms with van der Waals surface area (Å²) in [6.07, 6.45) is 1.26. The van der Waals surface area contributed by atoms with Crippen molar-refractivity contribution in [2.24, 2.45) is 5.92 Å². The molecule has 0 unspecified atom stereocenters. The van der Waals surface area contributed by atoms with Crippen molar-refractivity contribution in [3.05, 3.63) is 99.4 Å². The molecule has 39 heavy (non-hydrogen) atoms. The predicted octanol–water partition coefficient (Wildman–Crippen LogP) is 4.61. The van der Waals surface area contributed by atoms with Gasteiger partial charge >= 0.3 is 0 Å². The fourth-order valence-electron chi connectivity index (χ4n) is 3.98. The molecule has 0 saturated carbocycles. The van der Waals surface area contributed by atoms with Crippen molar-refractivity contribution in [2.75, 3.05) is 23.7 Å². The molecule has 0 radical (unpaired) electrons. The molecular formula is C29H33FIN3O4S. The van der Waals surface area contributed by atoms with E-state index in [9.17, 15) is 22.4 Å². The molecule has 1 N–H and O–H groups in total. The van der Waals surface area contributed by atoms with E-state index in [0.29, 0.717) is 17.8 Å². The summed E-state index contributed by atoms with van der Waals surface area (Å²) < 4.78 is 41.1. The first-order chi connectivity index (χ1) is 18.4. The molecule has 0 heterocycles. The lowest BCUT2D eigenvalue weighted by atomic mass is 10.0. The number of benzene rings is 3. The summed E-state index contributed by atoms with van der Waals surface area (Å²) in [6.45, 7) is 3.86. The van der Waals surface area contributed by atoms with Gasteiger partial charge in [-0.05, 0) is 76.0 Å². The van der Waals surface area contributed by atoms with Crippen LogP contribution in [0.25, 0.3) is 0 Å². The van der Waals surface area contributed by atoms with Crippen molar-refractivity contribution in [3.8, 4) is 0 Å². The van der Waals surface area contributed by atoms with Crippen LogP contribution in [0.15, 0.2) is 78.9 Å². The number of halogens is 2. The zero-order valence-electron chi connectivity index (χ0n) is 22.2. The van der Waals surface area contributed by atoms with Gasteiger partial charge < -0.3 is 10.2 Å². The number of rotatable bonds is 12. The minimum atomic E-state index is -3.83. The molecule has 0 bridgehead atoms. The first kappa shape index (κ1) is 30.6. The van der Waals surface area contributed by atoms with Crippen molar-refractivity contribution in [2.45, 2.75) is 32.9 Å². The molecule has 3 aromatic carbocycles. The number of anilines is 1. The Kier molecular flexibility index (Phi) is 10.9. The molecule has 0 aromatic heterocycles. The third kappa shape index (κ3) is 9.31. The van der Waals surface area contributed by atoms with E-state index in [1.54, 1.807) is 36.4 Å². The lowest BCUT2D eigenvalue weighted by Crippen LogP contribution is -2.53. The van der Waals surface area contributed by atoms with Crippen LogP contribution in [0.2, 0.25) is 0 Å².